The summed E-state index contributed by atoms with van der Waals surface area (Å²) in [6.07, 6.45) is 2.33. The fourth-order valence-electron chi connectivity index (χ4n) is 2.79. The van der Waals surface area contributed by atoms with E-state index in [0.717, 1.165) is 36.4 Å². The molecule has 1 fully saturated rings. The van der Waals surface area contributed by atoms with Gasteiger partial charge < -0.3 is 9.64 Å². The Labute approximate surface area is 121 Å². The quantitative estimate of drug-likeness (QED) is 0.847. The van der Waals surface area contributed by atoms with Crippen molar-refractivity contribution in [3.05, 3.63) is 28.8 Å². The zero-order chi connectivity index (χ0) is 14.7. The van der Waals surface area contributed by atoms with Crippen LogP contribution in [-0.2, 0) is 4.79 Å². The Balaban J connectivity index is 1.98. The fourth-order valence-corrected chi connectivity index (χ4v) is 2.79. The number of carbonyl (C=O) groups excluding carboxylic acids is 1. The second-order valence-corrected chi connectivity index (χ2v) is 6.03. The van der Waals surface area contributed by atoms with Crippen LogP contribution in [0.25, 0.3) is 0 Å². The molecule has 1 saturated heterocycles. The SMILES string of the molecule is Cc1ccc(C)c(OCC(=O)N2CCCC(C)C2)c1C. The number of likely N-dealkylation sites (tertiary alicyclic amines) is 1. The van der Waals surface area contributed by atoms with Crippen molar-refractivity contribution in [3.8, 4) is 5.75 Å². The van der Waals surface area contributed by atoms with E-state index in [1.165, 1.54) is 12.0 Å². The lowest BCUT2D eigenvalue weighted by atomic mass is 10.0. The lowest BCUT2D eigenvalue weighted by molar-refractivity contribution is -0.135. The van der Waals surface area contributed by atoms with Crippen LogP contribution < -0.4 is 4.74 Å². The van der Waals surface area contributed by atoms with Crippen LogP contribution in [0.4, 0.5) is 0 Å². The van der Waals surface area contributed by atoms with Gasteiger partial charge in [-0.05, 0) is 56.2 Å². The van der Waals surface area contributed by atoms with Gasteiger partial charge in [-0.25, -0.2) is 0 Å². The van der Waals surface area contributed by atoms with E-state index in [2.05, 4.69) is 19.9 Å². The molecule has 0 N–H and O–H groups in total. The zero-order valence-corrected chi connectivity index (χ0v) is 13.0. The van der Waals surface area contributed by atoms with Crippen molar-refractivity contribution in [1.82, 2.24) is 4.90 Å². The maximum atomic E-state index is 12.2. The predicted molar refractivity (Wildman–Crippen MR) is 81.1 cm³/mol. The minimum atomic E-state index is 0.108. The van der Waals surface area contributed by atoms with Gasteiger partial charge in [-0.15, -0.1) is 0 Å². The number of carbonyl (C=O) groups is 1. The number of amides is 1. The molecular formula is C17H25NO2. The van der Waals surface area contributed by atoms with Gasteiger partial charge in [-0.2, -0.15) is 0 Å². The minimum absolute atomic E-state index is 0.108. The van der Waals surface area contributed by atoms with Gasteiger partial charge in [0.15, 0.2) is 6.61 Å². The molecule has 0 spiro atoms. The molecule has 1 aliphatic heterocycles. The largest absolute Gasteiger partial charge is 0.483 e. The van der Waals surface area contributed by atoms with E-state index in [1.807, 2.05) is 24.8 Å². The molecule has 1 heterocycles. The number of aryl methyl sites for hydroxylation is 2. The van der Waals surface area contributed by atoms with Crippen LogP contribution in [-0.4, -0.2) is 30.5 Å². The minimum Gasteiger partial charge on any atom is -0.483 e. The summed E-state index contributed by atoms with van der Waals surface area (Å²) in [5.41, 5.74) is 3.42. The topological polar surface area (TPSA) is 29.5 Å². The van der Waals surface area contributed by atoms with E-state index in [4.69, 9.17) is 4.74 Å². The number of hydrogen-bond acceptors (Lipinski definition) is 2. The van der Waals surface area contributed by atoms with Crippen molar-refractivity contribution in [2.75, 3.05) is 19.7 Å². The predicted octanol–water partition coefficient (Wildman–Crippen LogP) is 3.25. The van der Waals surface area contributed by atoms with E-state index in [0.29, 0.717) is 5.92 Å². The highest BCUT2D eigenvalue weighted by atomic mass is 16.5. The average Bonchev–Trinajstić information content (AvgIpc) is 2.43. The molecule has 110 valence electrons. The summed E-state index contributed by atoms with van der Waals surface area (Å²) < 4.78 is 5.81. The molecule has 0 aliphatic carbocycles. The monoisotopic (exact) mass is 275 g/mol. The normalized spacial score (nSPS) is 19.0. The number of rotatable bonds is 3. The number of ether oxygens (including phenoxy) is 1. The van der Waals surface area contributed by atoms with E-state index in [1.54, 1.807) is 0 Å². The Bertz CT molecular complexity index is 496. The highest BCUT2D eigenvalue weighted by molar-refractivity contribution is 5.78. The Kier molecular flexibility index (Phi) is 4.69. The first-order valence-electron chi connectivity index (χ1n) is 7.46. The van der Waals surface area contributed by atoms with Crippen LogP contribution in [0.1, 0.15) is 36.5 Å². The lowest BCUT2D eigenvalue weighted by Crippen LogP contribution is -2.41. The number of piperidine rings is 1. The van der Waals surface area contributed by atoms with Crippen LogP contribution in [0.5, 0.6) is 5.75 Å². The third kappa shape index (κ3) is 3.33. The van der Waals surface area contributed by atoms with Crippen LogP contribution in [0.2, 0.25) is 0 Å². The van der Waals surface area contributed by atoms with Gasteiger partial charge in [0.2, 0.25) is 0 Å². The van der Waals surface area contributed by atoms with E-state index in [9.17, 15) is 4.79 Å². The zero-order valence-electron chi connectivity index (χ0n) is 13.0. The van der Waals surface area contributed by atoms with Crippen molar-refractivity contribution in [2.24, 2.45) is 5.92 Å². The smallest absolute Gasteiger partial charge is 0.260 e. The molecule has 1 amide bonds. The molecule has 1 atom stereocenters. The molecule has 3 nitrogen and oxygen atoms in total. The summed E-state index contributed by atoms with van der Waals surface area (Å²) in [5, 5.41) is 0. The highest BCUT2D eigenvalue weighted by Gasteiger charge is 2.21. The van der Waals surface area contributed by atoms with Gasteiger partial charge >= 0.3 is 0 Å². The van der Waals surface area contributed by atoms with Gasteiger partial charge in [-0.1, -0.05) is 19.1 Å². The van der Waals surface area contributed by atoms with E-state index in [-0.39, 0.29) is 12.5 Å². The van der Waals surface area contributed by atoms with Crippen LogP contribution in [0.15, 0.2) is 12.1 Å². The van der Waals surface area contributed by atoms with Crippen molar-refractivity contribution < 1.29 is 9.53 Å². The Morgan fingerprint density at radius 2 is 2.00 bits per heavy atom. The number of nitrogens with zero attached hydrogens (tertiary/aromatic N) is 1. The van der Waals surface area contributed by atoms with Crippen molar-refractivity contribution in [2.45, 2.75) is 40.5 Å². The second-order valence-electron chi connectivity index (χ2n) is 6.03. The first kappa shape index (κ1) is 14.9. The maximum Gasteiger partial charge on any atom is 0.260 e. The molecule has 1 aliphatic rings. The molecule has 1 aromatic carbocycles. The van der Waals surface area contributed by atoms with Crippen molar-refractivity contribution in [3.63, 3.8) is 0 Å². The first-order valence-corrected chi connectivity index (χ1v) is 7.46. The summed E-state index contributed by atoms with van der Waals surface area (Å²) in [4.78, 5) is 14.2. The third-order valence-electron chi connectivity index (χ3n) is 4.22. The molecule has 0 saturated carbocycles. The van der Waals surface area contributed by atoms with Crippen LogP contribution in [0, 0.1) is 26.7 Å². The summed E-state index contributed by atoms with van der Waals surface area (Å²) in [7, 11) is 0. The summed E-state index contributed by atoms with van der Waals surface area (Å²) in [6.45, 7) is 10.2. The fraction of sp³-hybridized carbons (Fsp3) is 0.588. The average molecular weight is 275 g/mol. The molecule has 1 aromatic rings. The molecule has 20 heavy (non-hydrogen) atoms. The number of hydrogen-bond donors (Lipinski definition) is 0. The van der Waals surface area contributed by atoms with E-state index >= 15 is 0 Å². The Hall–Kier alpha value is -1.51. The molecule has 1 unspecified atom stereocenters. The van der Waals surface area contributed by atoms with Crippen LogP contribution >= 0.6 is 0 Å². The summed E-state index contributed by atoms with van der Waals surface area (Å²) in [5.74, 6) is 1.58. The van der Waals surface area contributed by atoms with Crippen molar-refractivity contribution >= 4 is 5.91 Å². The van der Waals surface area contributed by atoms with E-state index < -0.39 is 0 Å². The first-order chi connectivity index (χ1) is 9.49. The summed E-state index contributed by atoms with van der Waals surface area (Å²) in [6, 6.07) is 4.14. The van der Waals surface area contributed by atoms with Gasteiger partial charge in [0.25, 0.3) is 5.91 Å². The standard InChI is InChI=1S/C17H25NO2/c1-12-6-5-9-18(10-12)16(19)11-20-17-14(3)8-7-13(2)15(17)4/h7-8,12H,5-6,9-11H2,1-4H3. The molecule has 3 heteroatoms. The van der Waals surface area contributed by atoms with Gasteiger partial charge in [0.05, 0.1) is 0 Å². The molecular weight excluding hydrogens is 250 g/mol. The Morgan fingerprint density at radius 3 is 2.70 bits per heavy atom. The summed E-state index contributed by atoms with van der Waals surface area (Å²) >= 11 is 0. The number of benzene rings is 1. The highest BCUT2D eigenvalue weighted by Crippen LogP contribution is 2.26. The second kappa shape index (κ2) is 6.29. The van der Waals surface area contributed by atoms with Crippen LogP contribution in [0.3, 0.4) is 0 Å². The maximum absolute atomic E-state index is 12.2. The molecule has 0 radical (unpaired) electrons. The third-order valence-corrected chi connectivity index (χ3v) is 4.22. The molecule has 0 aromatic heterocycles. The molecule has 2 rings (SSSR count). The Morgan fingerprint density at radius 1 is 1.30 bits per heavy atom. The van der Waals surface area contributed by atoms with Crippen molar-refractivity contribution in [1.29, 1.82) is 0 Å². The van der Waals surface area contributed by atoms with Gasteiger partial charge in [-0.3, -0.25) is 4.79 Å². The molecule has 0 bridgehead atoms. The lowest BCUT2D eigenvalue weighted by Gasteiger charge is -2.31. The van der Waals surface area contributed by atoms with Gasteiger partial charge in [0, 0.05) is 13.1 Å². The van der Waals surface area contributed by atoms with Gasteiger partial charge in [0.1, 0.15) is 5.75 Å².